The molecule has 0 aromatic heterocycles. The third-order valence-corrected chi connectivity index (χ3v) is 4.18. The Hall–Kier alpha value is -1.73. The number of hydrogen-bond acceptors (Lipinski definition) is 4. The minimum absolute atomic E-state index is 0.0142. The Morgan fingerprint density at radius 3 is 3.00 bits per heavy atom. The van der Waals surface area contributed by atoms with E-state index in [0.29, 0.717) is 26.2 Å². The van der Waals surface area contributed by atoms with Gasteiger partial charge in [-0.15, -0.1) is 0 Å². The molecule has 2 aliphatic rings. The number of rotatable bonds is 4. The van der Waals surface area contributed by atoms with Crippen LogP contribution in [0, 0.1) is 11.6 Å². The van der Waals surface area contributed by atoms with Crippen LogP contribution in [0.4, 0.5) is 8.78 Å². The summed E-state index contributed by atoms with van der Waals surface area (Å²) in [5, 5.41) is 2.88. The van der Waals surface area contributed by atoms with Gasteiger partial charge in [-0.05, 0) is 25.0 Å². The minimum atomic E-state index is -0.828. The fourth-order valence-corrected chi connectivity index (χ4v) is 3.02. The van der Waals surface area contributed by atoms with Gasteiger partial charge in [-0.25, -0.2) is 8.78 Å². The average Bonchev–Trinajstić information content (AvgIpc) is 2.94. The Bertz CT molecular complexity index is 575. The normalized spacial score (nSPS) is 27.1. The second-order valence-corrected chi connectivity index (χ2v) is 5.95. The molecule has 1 spiro atoms. The maximum atomic E-state index is 13.4. The van der Waals surface area contributed by atoms with Crippen molar-refractivity contribution in [2.75, 3.05) is 26.4 Å². The zero-order chi connectivity index (χ0) is 16.3. The molecular weight excluding hydrogens is 308 g/mol. The first kappa shape index (κ1) is 16.1. The molecule has 0 bridgehead atoms. The second kappa shape index (κ2) is 6.80. The number of hydrogen-bond donors (Lipinski definition) is 1. The van der Waals surface area contributed by atoms with E-state index < -0.39 is 11.6 Å². The molecule has 7 heteroatoms. The maximum absolute atomic E-state index is 13.4. The van der Waals surface area contributed by atoms with Crippen LogP contribution in [-0.2, 0) is 14.3 Å². The molecule has 3 rings (SSSR count). The van der Waals surface area contributed by atoms with Crippen molar-refractivity contribution in [1.82, 2.24) is 5.32 Å². The number of nitrogens with one attached hydrogen (secondary N) is 1. The molecule has 5 nitrogen and oxygen atoms in total. The summed E-state index contributed by atoms with van der Waals surface area (Å²) in [7, 11) is 0. The highest BCUT2D eigenvalue weighted by molar-refractivity contribution is 5.77. The Labute approximate surface area is 132 Å². The van der Waals surface area contributed by atoms with Crippen LogP contribution in [0.3, 0.4) is 0 Å². The molecule has 0 saturated carbocycles. The highest BCUT2D eigenvalue weighted by Gasteiger charge is 2.41. The van der Waals surface area contributed by atoms with Crippen LogP contribution >= 0.6 is 0 Å². The average molecular weight is 327 g/mol. The quantitative estimate of drug-likeness (QED) is 0.916. The van der Waals surface area contributed by atoms with Crippen molar-refractivity contribution in [3.8, 4) is 5.75 Å². The van der Waals surface area contributed by atoms with Gasteiger partial charge in [0.05, 0.1) is 12.2 Å². The van der Waals surface area contributed by atoms with E-state index in [0.717, 1.165) is 31.0 Å². The van der Waals surface area contributed by atoms with Gasteiger partial charge in [-0.1, -0.05) is 0 Å². The number of amides is 1. The van der Waals surface area contributed by atoms with Gasteiger partial charge < -0.3 is 19.5 Å². The van der Waals surface area contributed by atoms with Gasteiger partial charge >= 0.3 is 0 Å². The van der Waals surface area contributed by atoms with Crippen molar-refractivity contribution >= 4 is 5.91 Å². The Kier molecular flexibility index (Phi) is 4.77. The van der Waals surface area contributed by atoms with Gasteiger partial charge in [0.1, 0.15) is 5.82 Å². The van der Waals surface area contributed by atoms with E-state index in [9.17, 15) is 13.6 Å². The SMILES string of the molecule is O=C(COc1ccc(F)cc1F)N[C@@H]1CCO[C@]2(CCOC2)C1. The van der Waals surface area contributed by atoms with Gasteiger partial charge in [-0.2, -0.15) is 0 Å². The molecule has 2 heterocycles. The van der Waals surface area contributed by atoms with Crippen LogP contribution in [0.5, 0.6) is 5.75 Å². The first-order valence-corrected chi connectivity index (χ1v) is 7.65. The fraction of sp³-hybridized carbons (Fsp3) is 0.562. The summed E-state index contributed by atoms with van der Waals surface area (Å²) in [6, 6.07) is 2.95. The summed E-state index contributed by atoms with van der Waals surface area (Å²) in [5.41, 5.74) is -0.292. The summed E-state index contributed by atoms with van der Waals surface area (Å²) in [5.74, 6) is -2.00. The molecule has 1 amide bonds. The first-order valence-electron chi connectivity index (χ1n) is 7.65. The summed E-state index contributed by atoms with van der Waals surface area (Å²) in [6.45, 7) is 1.48. The molecule has 0 radical (unpaired) electrons. The molecule has 0 aliphatic carbocycles. The van der Waals surface area contributed by atoms with E-state index in [4.69, 9.17) is 14.2 Å². The molecule has 1 aromatic rings. The lowest BCUT2D eigenvalue weighted by atomic mass is 9.90. The van der Waals surface area contributed by atoms with E-state index in [2.05, 4.69) is 5.32 Å². The van der Waals surface area contributed by atoms with Crippen molar-refractivity contribution in [3.05, 3.63) is 29.8 Å². The largest absolute Gasteiger partial charge is 0.481 e. The predicted molar refractivity (Wildman–Crippen MR) is 77.1 cm³/mol. The van der Waals surface area contributed by atoms with Crippen LogP contribution in [-0.4, -0.2) is 44.0 Å². The summed E-state index contributed by atoms with van der Waals surface area (Å²) < 4.78 is 42.5. The van der Waals surface area contributed by atoms with Crippen molar-refractivity contribution in [2.24, 2.45) is 0 Å². The van der Waals surface area contributed by atoms with E-state index in [1.54, 1.807) is 0 Å². The van der Waals surface area contributed by atoms with Crippen LogP contribution in [0.25, 0.3) is 0 Å². The second-order valence-electron chi connectivity index (χ2n) is 5.95. The van der Waals surface area contributed by atoms with Gasteiger partial charge in [0.2, 0.25) is 0 Å². The Morgan fingerprint density at radius 1 is 1.39 bits per heavy atom. The van der Waals surface area contributed by atoms with Crippen LogP contribution < -0.4 is 10.1 Å². The summed E-state index contributed by atoms with van der Waals surface area (Å²) in [4.78, 5) is 12.0. The van der Waals surface area contributed by atoms with Crippen LogP contribution in [0.2, 0.25) is 0 Å². The molecule has 126 valence electrons. The molecule has 0 unspecified atom stereocenters. The molecule has 1 aromatic carbocycles. The Morgan fingerprint density at radius 2 is 2.26 bits per heavy atom. The standard InChI is InChI=1S/C16H19F2NO4/c17-11-1-2-14(13(18)7-11)22-9-15(20)19-12-3-5-23-16(8-12)4-6-21-10-16/h1-2,7,12H,3-6,8-10H2,(H,19,20)/t12-,16-/m1/s1. The lowest BCUT2D eigenvalue weighted by Gasteiger charge is -2.37. The Balaban J connectivity index is 1.49. The highest BCUT2D eigenvalue weighted by atomic mass is 19.1. The molecule has 2 saturated heterocycles. The highest BCUT2D eigenvalue weighted by Crippen LogP contribution is 2.32. The number of benzene rings is 1. The van der Waals surface area contributed by atoms with Crippen molar-refractivity contribution in [3.63, 3.8) is 0 Å². The van der Waals surface area contributed by atoms with Gasteiger partial charge in [0.15, 0.2) is 18.2 Å². The summed E-state index contributed by atoms with van der Waals surface area (Å²) >= 11 is 0. The topological polar surface area (TPSA) is 56.8 Å². The smallest absolute Gasteiger partial charge is 0.258 e. The maximum Gasteiger partial charge on any atom is 0.258 e. The predicted octanol–water partition coefficient (Wildman–Crippen LogP) is 1.80. The monoisotopic (exact) mass is 327 g/mol. The third kappa shape index (κ3) is 3.97. The van der Waals surface area contributed by atoms with E-state index in [1.165, 1.54) is 0 Å². The molecule has 2 fully saturated rings. The molecule has 1 N–H and O–H groups in total. The molecular formula is C16H19F2NO4. The van der Waals surface area contributed by atoms with E-state index in [1.807, 2.05) is 0 Å². The van der Waals surface area contributed by atoms with Crippen molar-refractivity contribution in [1.29, 1.82) is 0 Å². The van der Waals surface area contributed by atoms with E-state index in [-0.39, 0.29) is 29.9 Å². The zero-order valence-electron chi connectivity index (χ0n) is 12.6. The van der Waals surface area contributed by atoms with Gasteiger partial charge in [-0.3, -0.25) is 4.79 Å². The van der Waals surface area contributed by atoms with Crippen LogP contribution in [0.1, 0.15) is 19.3 Å². The van der Waals surface area contributed by atoms with Gasteiger partial charge in [0, 0.05) is 31.7 Å². The lowest BCUT2D eigenvalue weighted by molar-refractivity contribution is -0.127. The molecule has 2 aliphatic heterocycles. The molecule has 2 atom stereocenters. The number of carbonyl (C=O) groups excluding carboxylic acids is 1. The first-order chi connectivity index (χ1) is 11.1. The van der Waals surface area contributed by atoms with Gasteiger partial charge in [0.25, 0.3) is 5.91 Å². The fourth-order valence-electron chi connectivity index (χ4n) is 3.02. The summed E-state index contributed by atoms with van der Waals surface area (Å²) in [6.07, 6.45) is 2.25. The van der Waals surface area contributed by atoms with E-state index >= 15 is 0 Å². The van der Waals surface area contributed by atoms with Crippen molar-refractivity contribution < 1.29 is 27.8 Å². The molecule has 23 heavy (non-hydrogen) atoms. The van der Waals surface area contributed by atoms with Crippen LogP contribution in [0.15, 0.2) is 18.2 Å². The lowest BCUT2D eigenvalue weighted by Crippen LogP contribution is -2.49. The number of carbonyl (C=O) groups is 1. The zero-order valence-corrected chi connectivity index (χ0v) is 12.6. The third-order valence-electron chi connectivity index (χ3n) is 4.18. The number of ether oxygens (including phenoxy) is 3. The van der Waals surface area contributed by atoms with Crippen molar-refractivity contribution in [2.45, 2.75) is 30.9 Å². The minimum Gasteiger partial charge on any atom is -0.481 e. The number of halogens is 2.